The van der Waals surface area contributed by atoms with Gasteiger partial charge in [0.2, 0.25) is 10.0 Å². The summed E-state index contributed by atoms with van der Waals surface area (Å²) < 4.78 is 64.1. The van der Waals surface area contributed by atoms with Crippen LogP contribution in [-0.4, -0.2) is 18.9 Å². The van der Waals surface area contributed by atoms with Crippen LogP contribution in [0.2, 0.25) is 0 Å². The van der Waals surface area contributed by atoms with Gasteiger partial charge in [0.15, 0.2) is 0 Å². The van der Waals surface area contributed by atoms with Crippen molar-refractivity contribution < 1.29 is 26.4 Å². The van der Waals surface area contributed by atoms with E-state index in [9.17, 15) is 26.4 Å². The molecule has 0 saturated heterocycles. The van der Waals surface area contributed by atoms with E-state index in [0.717, 1.165) is 12.3 Å². The van der Waals surface area contributed by atoms with Crippen molar-refractivity contribution in [1.29, 1.82) is 0 Å². The van der Waals surface area contributed by atoms with Crippen LogP contribution in [0, 0.1) is 17.5 Å². The lowest BCUT2D eigenvalue weighted by Crippen LogP contribution is -2.29. The normalized spacial score (nSPS) is 12.9. The predicted molar refractivity (Wildman–Crippen MR) is 79.0 cm³/mol. The monoisotopic (exact) mass is 361 g/mol. The highest BCUT2D eigenvalue weighted by molar-refractivity contribution is 7.89. The predicted octanol–water partition coefficient (Wildman–Crippen LogP) is 1.58. The summed E-state index contributed by atoms with van der Waals surface area (Å²) >= 11 is 0. The molecular weight excluding hydrogens is 347 g/mol. The van der Waals surface area contributed by atoms with Gasteiger partial charge in [-0.25, -0.2) is 26.7 Å². The smallest absolute Gasteiger partial charge is 0.268 e. The van der Waals surface area contributed by atoms with Crippen molar-refractivity contribution in [1.82, 2.24) is 9.88 Å². The molecule has 1 aromatic carbocycles. The topological polar surface area (TPSA) is 94.2 Å². The molecule has 2 rings (SSSR count). The number of nitrogens with two attached hydrogens (primary N) is 1. The summed E-state index contributed by atoms with van der Waals surface area (Å²) in [6.07, 6.45) is 1.13. The average molecular weight is 361 g/mol. The van der Waals surface area contributed by atoms with Gasteiger partial charge in [-0.1, -0.05) is 0 Å². The molecule has 6 nitrogen and oxygen atoms in total. The minimum absolute atomic E-state index is 0.0752. The van der Waals surface area contributed by atoms with Crippen LogP contribution in [0.5, 0.6) is 0 Å². The molecule has 0 spiro atoms. The Labute approximate surface area is 136 Å². The van der Waals surface area contributed by atoms with E-state index >= 15 is 0 Å². The van der Waals surface area contributed by atoms with E-state index in [1.807, 2.05) is 0 Å². The van der Waals surface area contributed by atoms with Gasteiger partial charge in [0.25, 0.3) is 5.91 Å². The second-order valence-electron chi connectivity index (χ2n) is 5.20. The van der Waals surface area contributed by atoms with Crippen LogP contribution >= 0.6 is 0 Å². The van der Waals surface area contributed by atoms with Gasteiger partial charge in [-0.05, 0) is 13.0 Å². The van der Waals surface area contributed by atoms with Crippen LogP contribution in [0.3, 0.4) is 0 Å². The lowest BCUT2D eigenvalue weighted by atomic mass is 10.1. The third-order valence-electron chi connectivity index (χ3n) is 3.37. The van der Waals surface area contributed by atoms with Crippen LogP contribution < -0.4 is 10.5 Å². The van der Waals surface area contributed by atoms with Crippen LogP contribution in [-0.2, 0) is 17.1 Å². The third kappa shape index (κ3) is 3.60. The molecule has 1 amide bonds. The van der Waals surface area contributed by atoms with E-state index in [1.165, 1.54) is 18.5 Å². The Morgan fingerprint density at radius 3 is 2.21 bits per heavy atom. The van der Waals surface area contributed by atoms with E-state index in [1.54, 1.807) is 0 Å². The van der Waals surface area contributed by atoms with E-state index < -0.39 is 45.0 Å². The Hall–Kier alpha value is -2.33. The van der Waals surface area contributed by atoms with Crippen LogP contribution in [0.4, 0.5) is 13.2 Å². The first kappa shape index (κ1) is 18.0. The van der Waals surface area contributed by atoms with Crippen molar-refractivity contribution in [2.24, 2.45) is 12.2 Å². The SMILES string of the molecule is C[C@H](NC(=O)c1cc(S(N)(=O)=O)cn1C)c1c(F)cc(F)cc1F. The zero-order valence-corrected chi connectivity index (χ0v) is 13.5. The minimum Gasteiger partial charge on any atom is -0.345 e. The first-order chi connectivity index (χ1) is 11.0. The molecule has 0 saturated carbocycles. The zero-order valence-electron chi connectivity index (χ0n) is 12.7. The molecule has 0 fully saturated rings. The molecule has 10 heteroatoms. The Bertz CT molecular complexity index is 886. The number of sulfonamides is 1. The summed E-state index contributed by atoms with van der Waals surface area (Å²) in [7, 11) is -2.59. The molecule has 0 radical (unpaired) electrons. The number of nitrogens with one attached hydrogen (secondary N) is 1. The highest BCUT2D eigenvalue weighted by Gasteiger charge is 2.22. The average Bonchev–Trinajstić information content (AvgIpc) is 2.79. The first-order valence-electron chi connectivity index (χ1n) is 6.65. The van der Waals surface area contributed by atoms with Gasteiger partial charge >= 0.3 is 0 Å². The zero-order chi connectivity index (χ0) is 18.2. The van der Waals surface area contributed by atoms with E-state index in [2.05, 4.69) is 5.32 Å². The fourth-order valence-electron chi connectivity index (χ4n) is 2.23. The maximum atomic E-state index is 13.7. The van der Waals surface area contributed by atoms with Crippen molar-refractivity contribution in [2.75, 3.05) is 0 Å². The molecular formula is C14H14F3N3O3S. The number of hydrogen-bond donors (Lipinski definition) is 2. The van der Waals surface area contributed by atoms with Crippen molar-refractivity contribution >= 4 is 15.9 Å². The molecule has 1 atom stereocenters. The molecule has 0 aliphatic rings. The second-order valence-corrected chi connectivity index (χ2v) is 6.76. The number of halogens is 3. The molecule has 0 aliphatic heterocycles. The fourth-order valence-corrected chi connectivity index (χ4v) is 2.81. The summed E-state index contributed by atoms with van der Waals surface area (Å²) in [5, 5.41) is 7.30. The van der Waals surface area contributed by atoms with Gasteiger partial charge in [-0.3, -0.25) is 4.79 Å². The molecule has 24 heavy (non-hydrogen) atoms. The Morgan fingerprint density at radius 2 is 1.75 bits per heavy atom. The van der Waals surface area contributed by atoms with Gasteiger partial charge in [0.1, 0.15) is 28.0 Å². The quantitative estimate of drug-likeness (QED) is 0.866. The number of aromatic nitrogens is 1. The number of primary sulfonamides is 1. The van der Waals surface area contributed by atoms with Gasteiger partial charge in [-0.15, -0.1) is 0 Å². The van der Waals surface area contributed by atoms with Crippen LogP contribution in [0.15, 0.2) is 29.3 Å². The van der Waals surface area contributed by atoms with Gasteiger partial charge in [0.05, 0.1) is 6.04 Å². The Balaban J connectivity index is 2.29. The van der Waals surface area contributed by atoms with Crippen molar-refractivity contribution in [3.05, 3.63) is 53.1 Å². The Morgan fingerprint density at radius 1 is 1.21 bits per heavy atom. The third-order valence-corrected chi connectivity index (χ3v) is 4.25. The van der Waals surface area contributed by atoms with Crippen molar-refractivity contribution in [3.63, 3.8) is 0 Å². The van der Waals surface area contributed by atoms with Crippen molar-refractivity contribution in [2.45, 2.75) is 17.9 Å². The highest BCUT2D eigenvalue weighted by atomic mass is 32.2. The standard InChI is InChI=1S/C14H14F3N3O3S/c1-7(13-10(16)3-8(15)4-11(13)17)19-14(21)12-5-9(6-20(12)2)24(18,22)23/h3-7H,1-2H3,(H,19,21)(H2,18,22,23)/t7-/m0/s1. The molecule has 1 aromatic heterocycles. The maximum absolute atomic E-state index is 13.7. The number of rotatable bonds is 4. The molecule has 2 aromatic rings. The lowest BCUT2D eigenvalue weighted by Gasteiger charge is -2.16. The maximum Gasteiger partial charge on any atom is 0.268 e. The second kappa shape index (κ2) is 6.29. The summed E-state index contributed by atoms with van der Waals surface area (Å²) in [5.74, 6) is -4.13. The number of benzene rings is 1. The summed E-state index contributed by atoms with van der Waals surface area (Å²) in [6.45, 7) is 1.31. The van der Waals surface area contributed by atoms with Crippen LogP contribution in [0.1, 0.15) is 29.0 Å². The minimum atomic E-state index is -4.00. The molecule has 0 aliphatic carbocycles. The first-order valence-corrected chi connectivity index (χ1v) is 8.19. The van der Waals surface area contributed by atoms with Crippen LogP contribution in [0.25, 0.3) is 0 Å². The number of aryl methyl sites for hydroxylation is 1. The lowest BCUT2D eigenvalue weighted by molar-refractivity contribution is 0.0930. The number of amides is 1. The van der Waals surface area contributed by atoms with Gasteiger partial charge in [-0.2, -0.15) is 0 Å². The van der Waals surface area contributed by atoms with E-state index in [4.69, 9.17) is 5.14 Å². The molecule has 1 heterocycles. The molecule has 3 N–H and O–H groups in total. The molecule has 0 unspecified atom stereocenters. The highest BCUT2D eigenvalue weighted by Crippen LogP contribution is 2.22. The number of carbonyl (C=O) groups is 1. The van der Waals surface area contributed by atoms with E-state index in [-0.39, 0.29) is 10.6 Å². The summed E-state index contributed by atoms with van der Waals surface area (Å²) in [6, 6.07) is 0.922. The van der Waals surface area contributed by atoms with Gasteiger partial charge in [0, 0.05) is 30.9 Å². The largest absolute Gasteiger partial charge is 0.345 e. The number of carbonyl (C=O) groups excluding carboxylic acids is 1. The fraction of sp³-hybridized carbons (Fsp3) is 0.214. The van der Waals surface area contributed by atoms with Crippen molar-refractivity contribution in [3.8, 4) is 0 Å². The summed E-state index contributed by atoms with van der Waals surface area (Å²) in [4.78, 5) is 11.9. The molecule has 0 bridgehead atoms. The summed E-state index contributed by atoms with van der Waals surface area (Å²) in [5.41, 5.74) is -0.584. The number of hydrogen-bond acceptors (Lipinski definition) is 3. The van der Waals surface area contributed by atoms with Gasteiger partial charge < -0.3 is 9.88 Å². The molecule has 130 valence electrons. The Kier molecular flexibility index (Phi) is 4.72. The van der Waals surface area contributed by atoms with E-state index in [0.29, 0.717) is 12.1 Å². The number of nitrogens with zero attached hydrogens (tertiary/aromatic N) is 1.